The molecule has 2 aromatic carbocycles. The molecule has 2 aliphatic rings. The van der Waals surface area contributed by atoms with Crippen molar-refractivity contribution in [1.29, 1.82) is 0 Å². The number of sulfonamides is 1. The van der Waals surface area contributed by atoms with Gasteiger partial charge in [-0.3, -0.25) is 4.79 Å². The van der Waals surface area contributed by atoms with Gasteiger partial charge >= 0.3 is 0 Å². The summed E-state index contributed by atoms with van der Waals surface area (Å²) >= 11 is 0. The first-order valence-corrected chi connectivity index (χ1v) is 11.8. The number of carbonyl (C=O) groups excluding carboxylic acids is 1. The summed E-state index contributed by atoms with van der Waals surface area (Å²) in [5, 5.41) is 4.13. The van der Waals surface area contributed by atoms with Gasteiger partial charge in [0.15, 0.2) is 18.0 Å². The molecule has 2 N–H and O–H groups in total. The average Bonchev–Trinajstić information content (AvgIpc) is 2.79. The number of quaternary nitrogens is 1. The van der Waals surface area contributed by atoms with Gasteiger partial charge < -0.3 is 19.7 Å². The number of nitrogens with zero attached hydrogens (tertiary/aromatic N) is 1. The Bertz CT molecular complexity index is 1050. The first-order valence-electron chi connectivity index (χ1n) is 10.3. The number of amides is 1. The second-order valence-corrected chi connectivity index (χ2v) is 9.31. The summed E-state index contributed by atoms with van der Waals surface area (Å²) in [6, 6.07) is 14.6. The Balaban J connectivity index is 1.27. The zero-order valence-corrected chi connectivity index (χ0v) is 17.9. The molecule has 0 aliphatic carbocycles. The second-order valence-electron chi connectivity index (χ2n) is 7.49. The van der Waals surface area contributed by atoms with Crippen molar-refractivity contribution in [3.63, 3.8) is 0 Å². The molecule has 2 aromatic rings. The number of benzene rings is 2. The van der Waals surface area contributed by atoms with Crippen molar-refractivity contribution >= 4 is 27.7 Å². The molecule has 0 atom stereocenters. The predicted molar refractivity (Wildman–Crippen MR) is 118 cm³/mol. The molecular weight excluding hydrogens is 418 g/mol. The summed E-state index contributed by atoms with van der Waals surface area (Å²) in [5.41, 5.74) is 1.49. The number of nitrogens with one attached hydrogen (secondary N) is 2. The number of piperazine rings is 1. The lowest BCUT2D eigenvalue weighted by atomic mass is 10.2. The van der Waals surface area contributed by atoms with Crippen molar-refractivity contribution in [2.75, 3.05) is 51.3 Å². The molecule has 31 heavy (non-hydrogen) atoms. The molecule has 0 spiro atoms. The second kappa shape index (κ2) is 9.51. The first-order chi connectivity index (χ1) is 15.0. The third kappa shape index (κ3) is 5.63. The standard InChI is InChI=1S/C22H25N3O5S/c26-22(23-19-6-7-20-21(16-19)30-14-13-29-20)17-24-9-11-25(12-10-24)31(27,28)15-8-18-4-2-1-3-5-18/h1-8,15-16H,9-14,17H2,(H,23,26)/p+1/b15-8+. The van der Waals surface area contributed by atoms with Crippen LogP contribution in [0.1, 0.15) is 5.56 Å². The molecule has 0 unspecified atom stereocenters. The van der Waals surface area contributed by atoms with Gasteiger partial charge in [-0.1, -0.05) is 30.3 Å². The summed E-state index contributed by atoms with van der Waals surface area (Å²) in [6.07, 6.45) is 1.61. The minimum absolute atomic E-state index is 0.119. The van der Waals surface area contributed by atoms with Crippen LogP contribution in [0.4, 0.5) is 5.69 Å². The van der Waals surface area contributed by atoms with Crippen LogP contribution in [0.2, 0.25) is 0 Å². The summed E-state index contributed by atoms with van der Waals surface area (Å²) in [4.78, 5) is 13.5. The van der Waals surface area contributed by atoms with E-state index in [1.54, 1.807) is 24.3 Å². The molecule has 2 aliphatic heterocycles. The van der Waals surface area contributed by atoms with Crippen molar-refractivity contribution in [3.8, 4) is 11.5 Å². The largest absolute Gasteiger partial charge is 0.486 e. The number of carbonyl (C=O) groups is 1. The van der Waals surface area contributed by atoms with E-state index in [0.717, 1.165) is 10.5 Å². The molecule has 0 radical (unpaired) electrons. The number of anilines is 1. The van der Waals surface area contributed by atoms with Gasteiger partial charge in [-0.2, -0.15) is 4.31 Å². The maximum atomic E-state index is 12.6. The Kier molecular flexibility index (Phi) is 6.55. The highest BCUT2D eigenvalue weighted by molar-refractivity contribution is 7.92. The van der Waals surface area contributed by atoms with Crippen molar-refractivity contribution in [2.24, 2.45) is 0 Å². The number of fused-ring (bicyclic) bond motifs is 1. The van der Waals surface area contributed by atoms with Crippen LogP contribution in [0, 0.1) is 0 Å². The summed E-state index contributed by atoms with van der Waals surface area (Å²) in [6.45, 7) is 3.21. The minimum Gasteiger partial charge on any atom is -0.486 e. The molecular formula is C22H26N3O5S+. The van der Waals surface area contributed by atoms with E-state index < -0.39 is 10.0 Å². The molecule has 0 aromatic heterocycles. The van der Waals surface area contributed by atoms with Gasteiger partial charge in [-0.05, 0) is 23.8 Å². The van der Waals surface area contributed by atoms with Gasteiger partial charge in [0.1, 0.15) is 13.2 Å². The highest BCUT2D eigenvalue weighted by atomic mass is 32.2. The first kappa shape index (κ1) is 21.4. The maximum Gasteiger partial charge on any atom is 0.279 e. The molecule has 9 heteroatoms. The van der Waals surface area contributed by atoms with Crippen LogP contribution in [-0.2, 0) is 14.8 Å². The van der Waals surface area contributed by atoms with Crippen LogP contribution >= 0.6 is 0 Å². The molecule has 4 rings (SSSR count). The number of hydrogen-bond donors (Lipinski definition) is 2. The van der Waals surface area contributed by atoms with Gasteiger partial charge in [-0.15, -0.1) is 0 Å². The maximum absolute atomic E-state index is 12.6. The van der Waals surface area contributed by atoms with Gasteiger partial charge in [0.2, 0.25) is 10.0 Å². The van der Waals surface area contributed by atoms with E-state index in [-0.39, 0.29) is 12.5 Å². The quantitative estimate of drug-likeness (QED) is 0.681. The Hall–Kier alpha value is -2.88. The highest BCUT2D eigenvalue weighted by Crippen LogP contribution is 2.32. The predicted octanol–water partition coefficient (Wildman–Crippen LogP) is 0.598. The van der Waals surface area contributed by atoms with Gasteiger partial charge in [0.05, 0.1) is 26.2 Å². The molecule has 2 heterocycles. The van der Waals surface area contributed by atoms with E-state index in [4.69, 9.17) is 9.47 Å². The highest BCUT2D eigenvalue weighted by Gasteiger charge is 2.28. The van der Waals surface area contributed by atoms with Gasteiger partial charge in [-0.25, -0.2) is 8.42 Å². The van der Waals surface area contributed by atoms with E-state index in [1.807, 2.05) is 30.3 Å². The fourth-order valence-corrected chi connectivity index (χ4v) is 4.79. The molecule has 0 saturated carbocycles. The zero-order chi connectivity index (χ0) is 21.7. The van der Waals surface area contributed by atoms with Crippen molar-refractivity contribution < 1.29 is 27.6 Å². The Morgan fingerprint density at radius 1 is 1.03 bits per heavy atom. The third-order valence-corrected chi connectivity index (χ3v) is 6.82. The fourth-order valence-electron chi connectivity index (χ4n) is 3.60. The SMILES string of the molecule is O=C(C[NH+]1CCN(S(=O)(=O)/C=C/c2ccccc2)CC1)Nc1ccc2c(c1)OCCO2. The number of rotatable bonds is 6. The molecule has 0 bridgehead atoms. The normalized spacial score (nSPS) is 17.5. The topological polar surface area (TPSA) is 89.4 Å². The van der Waals surface area contributed by atoms with E-state index >= 15 is 0 Å². The van der Waals surface area contributed by atoms with Crippen LogP contribution in [0.5, 0.6) is 11.5 Å². The van der Waals surface area contributed by atoms with Crippen molar-refractivity contribution in [3.05, 3.63) is 59.5 Å². The van der Waals surface area contributed by atoms with Crippen molar-refractivity contribution in [1.82, 2.24) is 4.31 Å². The Labute approximate surface area is 182 Å². The lowest BCUT2D eigenvalue weighted by Gasteiger charge is -2.30. The number of hydrogen-bond acceptors (Lipinski definition) is 5. The molecule has 1 amide bonds. The van der Waals surface area contributed by atoms with Gasteiger partial charge in [0, 0.05) is 17.2 Å². The Morgan fingerprint density at radius 3 is 2.48 bits per heavy atom. The summed E-state index contributed by atoms with van der Waals surface area (Å²) in [5.74, 6) is 1.18. The Morgan fingerprint density at radius 2 is 1.74 bits per heavy atom. The van der Waals surface area contributed by atoms with E-state index in [9.17, 15) is 13.2 Å². The van der Waals surface area contributed by atoms with Crippen LogP contribution in [0.15, 0.2) is 53.9 Å². The van der Waals surface area contributed by atoms with Crippen LogP contribution in [0.25, 0.3) is 6.08 Å². The van der Waals surface area contributed by atoms with Crippen molar-refractivity contribution in [2.45, 2.75) is 0 Å². The molecule has 1 saturated heterocycles. The lowest BCUT2D eigenvalue weighted by Crippen LogP contribution is -3.15. The number of ether oxygens (including phenoxy) is 2. The molecule has 1 fully saturated rings. The van der Waals surface area contributed by atoms with Crippen LogP contribution < -0.4 is 19.7 Å². The zero-order valence-electron chi connectivity index (χ0n) is 17.1. The van der Waals surface area contributed by atoms with Crippen LogP contribution in [-0.4, -0.2) is 64.6 Å². The molecule has 8 nitrogen and oxygen atoms in total. The van der Waals surface area contributed by atoms with E-state index in [0.29, 0.717) is 56.6 Å². The summed E-state index contributed by atoms with van der Waals surface area (Å²) in [7, 11) is -3.48. The van der Waals surface area contributed by atoms with Crippen LogP contribution in [0.3, 0.4) is 0 Å². The third-order valence-electron chi connectivity index (χ3n) is 5.26. The van der Waals surface area contributed by atoms with E-state index in [1.165, 1.54) is 9.71 Å². The van der Waals surface area contributed by atoms with Gasteiger partial charge in [0.25, 0.3) is 5.91 Å². The van der Waals surface area contributed by atoms with E-state index in [2.05, 4.69) is 5.32 Å². The lowest BCUT2D eigenvalue weighted by molar-refractivity contribution is -0.895. The summed E-state index contributed by atoms with van der Waals surface area (Å²) < 4.78 is 37.6. The minimum atomic E-state index is -3.48. The smallest absolute Gasteiger partial charge is 0.279 e. The monoisotopic (exact) mass is 444 g/mol. The molecule has 164 valence electrons. The fraction of sp³-hybridized carbons (Fsp3) is 0.318. The average molecular weight is 445 g/mol.